The van der Waals surface area contributed by atoms with Crippen molar-refractivity contribution >= 4 is 62.4 Å². The highest BCUT2D eigenvalue weighted by molar-refractivity contribution is 6.45. The van der Waals surface area contributed by atoms with E-state index < -0.39 is 41.1 Å². The van der Waals surface area contributed by atoms with E-state index in [4.69, 9.17) is 10.7 Å². The zero-order valence-corrected chi connectivity index (χ0v) is 38.0. The SMILES string of the molecule is N#CC(c1ccccc1)N1CCN(C(=O)C(=O)c2c[nH]c3cccc(F)c23)CC1.Nc1ccccc1.O=C(C(=O)N1CCN(C(=Nc2ccccc2)c2ccccc2)CC1)c1c[nH]c2cccc(F)c12. The summed E-state index contributed by atoms with van der Waals surface area (Å²) in [5.41, 5.74) is 9.99. The zero-order chi connectivity index (χ0) is 49.0. The van der Waals surface area contributed by atoms with Gasteiger partial charge in [0.1, 0.15) is 23.5 Å². The second kappa shape index (κ2) is 22.4. The lowest BCUT2D eigenvalue weighted by Crippen LogP contribution is -2.52. The van der Waals surface area contributed by atoms with Crippen molar-refractivity contribution in [3.63, 3.8) is 0 Å². The van der Waals surface area contributed by atoms with E-state index in [0.717, 1.165) is 28.3 Å². The van der Waals surface area contributed by atoms with Crippen LogP contribution < -0.4 is 5.73 Å². The van der Waals surface area contributed by atoms with E-state index >= 15 is 0 Å². The number of ketones is 2. The van der Waals surface area contributed by atoms with Crippen LogP contribution in [-0.4, -0.2) is 111 Å². The average Bonchev–Trinajstić information content (AvgIpc) is 4.06. The number of H-pyrrole nitrogens is 2. The number of rotatable bonds is 8. The van der Waals surface area contributed by atoms with Crippen molar-refractivity contribution in [2.24, 2.45) is 4.99 Å². The number of amides is 2. The third-order valence-electron chi connectivity index (χ3n) is 12.1. The number of hydrogen-bond acceptors (Lipinski definition) is 8. The number of aromatic amines is 2. The topological polar surface area (TPSA) is 175 Å². The Hall–Kier alpha value is -8.74. The molecule has 2 saturated heterocycles. The van der Waals surface area contributed by atoms with Gasteiger partial charge in [-0.2, -0.15) is 5.26 Å². The molecule has 2 aliphatic rings. The largest absolute Gasteiger partial charge is 0.399 e. The monoisotopic (exact) mass is 937 g/mol. The molecule has 0 bridgehead atoms. The van der Waals surface area contributed by atoms with Crippen LogP contribution in [0.3, 0.4) is 0 Å². The first-order valence-electron chi connectivity index (χ1n) is 22.7. The van der Waals surface area contributed by atoms with Crippen LogP contribution in [0.1, 0.15) is 37.9 Å². The van der Waals surface area contributed by atoms with Crippen molar-refractivity contribution in [1.82, 2.24) is 29.6 Å². The number of aliphatic imine (C=N–C) groups is 1. The molecule has 0 aliphatic carbocycles. The Bertz CT molecular complexity index is 3160. The number of nitrogens with two attached hydrogens (primary N) is 1. The summed E-state index contributed by atoms with van der Waals surface area (Å²) in [6, 6.07) is 49.5. The number of nitrogens with one attached hydrogen (secondary N) is 2. The van der Waals surface area contributed by atoms with E-state index in [1.54, 1.807) is 24.3 Å². The van der Waals surface area contributed by atoms with Gasteiger partial charge in [-0.25, -0.2) is 13.8 Å². The van der Waals surface area contributed by atoms with Crippen LogP contribution in [0, 0.1) is 23.0 Å². The molecule has 70 heavy (non-hydrogen) atoms. The molecule has 0 saturated carbocycles. The van der Waals surface area contributed by atoms with Crippen molar-refractivity contribution in [2.45, 2.75) is 6.04 Å². The van der Waals surface area contributed by atoms with Crippen molar-refractivity contribution in [2.75, 3.05) is 58.1 Å². The molecular weight excluding hydrogens is 889 g/mol. The summed E-state index contributed by atoms with van der Waals surface area (Å²) in [5.74, 6) is -2.94. The standard InChI is InChI=1S/C27H23FN4O2.C22H19FN4O2.C6H7N/c28-22-12-7-13-23-24(22)21(18-29-23)25(33)27(34)32-16-14-31(15-17-32)26(19-8-3-1-4-9-19)30-20-10-5-2-6-11-20;23-17-7-4-8-18-20(17)16(14-25-18)21(28)22(29)27-11-9-26(10-12-27)19(13-24)15-5-2-1-3-6-15;7-6-4-2-1-3-5-6/h1-13,18,29H,14-17H2;1-8,14,19,25H,9-12H2;1-5H,7H2. The summed E-state index contributed by atoms with van der Waals surface area (Å²) in [5, 5.41) is 9.87. The Balaban J connectivity index is 0.000000167. The molecule has 0 spiro atoms. The number of nitriles is 1. The molecule has 10 rings (SSSR count). The number of para-hydroxylation sites is 2. The molecule has 352 valence electrons. The molecule has 13 nitrogen and oxygen atoms in total. The van der Waals surface area contributed by atoms with Gasteiger partial charge in [-0.15, -0.1) is 0 Å². The highest BCUT2D eigenvalue weighted by Crippen LogP contribution is 2.26. The normalized spacial score (nSPS) is 14.4. The fourth-order valence-corrected chi connectivity index (χ4v) is 8.45. The first kappa shape index (κ1) is 47.7. The van der Waals surface area contributed by atoms with E-state index in [1.165, 1.54) is 34.3 Å². The number of benzene rings is 6. The van der Waals surface area contributed by atoms with Gasteiger partial charge in [0.2, 0.25) is 0 Å². The third kappa shape index (κ3) is 11.0. The van der Waals surface area contributed by atoms with Gasteiger partial charge in [0, 0.05) is 97.8 Å². The number of piperazine rings is 2. The summed E-state index contributed by atoms with van der Waals surface area (Å²) in [6.07, 6.45) is 2.79. The van der Waals surface area contributed by atoms with Crippen LogP contribution in [0.5, 0.6) is 0 Å². The summed E-state index contributed by atoms with van der Waals surface area (Å²) in [7, 11) is 0. The Labute approximate surface area is 403 Å². The summed E-state index contributed by atoms with van der Waals surface area (Å²) >= 11 is 0. The van der Waals surface area contributed by atoms with E-state index in [2.05, 4.69) is 20.9 Å². The van der Waals surface area contributed by atoms with Crippen LogP contribution in [0.2, 0.25) is 0 Å². The number of carbonyl (C=O) groups excluding carboxylic acids is 4. The second-order valence-corrected chi connectivity index (χ2v) is 16.5. The fraction of sp³-hybridized carbons (Fsp3) is 0.164. The maximum absolute atomic E-state index is 14.3. The van der Waals surface area contributed by atoms with Gasteiger partial charge < -0.3 is 30.4 Å². The predicted octanol–water partition coefficient (Wildman–Crippen LogP) is 8.58. The van der Waals surface area contributed by atoms with Crippen LogP contribution in [-0.2, 0) is 9.59 Å². The highest BCUT2D eigenvalue weighted by Gasteiger charge is 2.33. The maximum atomic E-state index is 14.3. The van der Waals surface area contributed by atoms with E-state index in [-0.39, 0.29) is 21.9 Å². The van der Waals surface area contributed by atoms with Gasteiger partial charge in [0.15, 0.2) is 0 Å². The minimum absolute atomic E-state index is 0.0460. The first-order chi connectivity index (χ1) is 34.1. The summed E-state index contributed by atoms with van der Waals surface area (Å²) in [6.45, 7) is 3.43. The van der Waals surface area contributed by atoms with Crippen LogP contribution in [0.15, 0.2) is 175 Å². The Morgan fingerprint density at radius 3 is 1.43 bits per heavy atom. The molecule has 4 N–H and O–H groups in total. The molecule has 1 unspecified atom stereocenters. The number of halogens is 2. The van der Waals surface area contributed by atoms with E-state index in [0.29, 0.717) is 63.4 Å². The summed E-state index contributed by atoms with van der Waals surface area (Å²) in [4.78, 5) is 69.1. The van der Waals surface area contributed by atoms with Gasteiger partial charge in [0.25, 0.3) is 23.4 Å². The van der Waals surface area contributed by atoms with Crippen molar-refractivity contribution in [3.05, 3.63) is 204 Å². The molecule has 4 heterocycles. The number of aromatic nitrogens is 2. The molecule has 15 heteroatoms. The number of amidine groups is 1. The Morgan fingerprint density at radius 1 is 0.543 bits per heavy atom. The van der Waals surface area contributed by atoms with Crippen molar-refractivity contribution in [3.8, 4) is 6.07 Å². The van der Waals surface area contributed by atoms with Gasteiger partial charge in [-0.1, -0.05) is 109 Å². The Kier molecular flexibility index (Phi) is 15.3. The lowest BCUT2D eigenvalue weighted by Gasteiger charge is -2.36. The lowest BCUT2D eigenvalue weighted by molar-refractivity contribution is -0.128. The molecule has 2 aromatic heterocycles. The molecular formula is C55H49F2N9O4. The minimum Gasteiger partial charge on any atom is -0.399 e. The van der Waals surface area contributed by atoms with Gasteiger partial charge >= 0.3 is 0 Å². The molecule has 8 aromatic rings. The van der Waals surface area contributed by atoms with Crippen LogP contribution >= 0.6 is 0 Å². The van der Waals surface area contributed by atoms with Crippen molar-refractivity contribution in [1.29, 1.82) is 5.26 Å². The lowest BCUT2D eigenvalue weighted by atomic mass is 10.0. The fourth-order valence-electron chi connectivity index (χ4n) is 8.45. The second-order valence-electron chi connectivity index (χ2n) is 16.5. The molecule has 2 aliphatic heterocycles. The number of fused-ring (bicyclic) bond motifs is 2. The van der Waals surface area contributed by atoms with Gasteiger partial charge in [0.05, 0.1) is 22.9 Å². The maximum Gasteiger partial charge on any atom is 0.295 e. The third-order valence-corrected chi connectivity index (χ3v) is 12.1. The summed E-state index contributed by atoms with van der Waals surface area (Å²) < 4.78 is 28.5. The van der Waals surface area contributed by atoms with Gasteiger partial charge in [-0.05, 0) is 54.1 Å². The number of nitrogens with zero attached hydrogens (tertiary/aromatic N) is 6. The van der Waals surface area contributed by atoms with E-state index in [1.807, 2.05) is 126 Å². The van der Waals surface area contributed by atoms with Crippen molar-refractivity contribution < 1.29 is 28.0 Å². The average molecular weight is 938 g/mol. The molecule has 2 amide bonds. The van der Waals surface area contributed by atoms with Crippen LogP contribution in [0.25, 0.3) is 21.8 Å². The van der Waals surface area contributed by atoms with Crippen LogP contribution in [0.4, 0.5) is 20.2 Å². The first-order valence-corrected chi connectivity index (χ1v) is 22.7. The molecule has 6 aromatic carbocycles. The predicted molar refractivity (Wildman–Crippen MR) is 266 cm³/mol. The van der Waals surface area contributed by atoms with Gasteiger partial charge in [-0.3, -0.25) is 24.1 Å². The molecule has 1 atom stereocenters. The number of hydrogen-bond donors (Lipinski definition) is 3. The minimum atomic E-state index is -0.727. The van der Waals surface area contributed by atoms with E-state index in [9.17, 15) is 33.2 Å². The number of anilines is 1. The Morgan fingerprint density at radius 2 is 0.971 bits per heavy atom. The molecule has 2 fully saturated rings. The zero-order valence-electron chi connectivity index (χ0n) is 38.0. The molecule has 0 radical (unpaired) electrons. The number of nitrogen functional groups attached to an aromatic ring is 1. The highest BCUT2D eigenvalue weighted by atomic mass is 19.1. The smallest absolute Gasteiger partial charge is 0.295 e. The number of Topliss-reactive ketones (excluding diaryl/α,β-unsaturated/α-hetero) is 2. The quantitative estimate of drug-likeness (QED) is 0.0447. The number of carbonyl (C=O) groups is 4.